The van der Waals surface area contributed by atoms with Crippen LogP contribution in [0.25, 0.3) is 10.9 Å². The van der Waals surface area contributed by atoms with Crippen molar-refractivity contribution in [1.29, 1.82) is 0 Å². The molecule has 1 heterocycles. The number of aliphatic hydroxyl groups is 1. The van der Waals surface area contributed by atoms with Gasteiger partial charge in [0.15, 0.2) is 11.5 Å². The number of hydrogen-bond donors (Lipinski definition) is 2. The Kier molecular flexibility index (Phi) is 2.51. The van der Waals surface area contributed by atoms with E-state index >= 15 is 0 Å². The van der Waals surface area contributed by atoms with E-state index in [4.69, 9.17) is 14.6 Å². The lowest BCUT2D eigenvalue weighted by molar-refractivity contribution is 0.278. The number of methoxy groups -OCH3 is 2. The molecule has 0 aliphatic rings. The summed E-state index contributed by atoms with van der Waals surface area (Å²) in [5.41, 5.74) is 1.71. The van der Waals surface area contributed by atoms with Gasteiger partial charge in [-0.25, -0.2) is 0 Å². The third kappa shape index (κ3) is 1.64. The fourth-order valence-corrected chi connectivity index (χ4v) is 1.60. The molecule has 0 fully saturated rings. The molecule has 0 spiro atoms. The molecule has 0 aliphatic carbocycles. The van der Waals surface area contributed by atoms with E-state index in [9.17, 15) is 0 Å². The third-order valence-electron chi connectivity index (χ3n) is 2.35. The predicted octanol–water partition coefficient (Wildman–Crippen LogP) is 1.68. The van der Waals surface area contributed by atoms with Crippen molar-refractivity contribution in [1.82, 2.24) is 4.98 Å². The highest BCUT2D eigenvalue weighted by Crippen LogP contribution is 2.32. The topological polar surface area (TPSA) is 54.5 Å². The monoisotopic (exact) mass is 207 g/mol. The number of nitrogens with one attached hydrogen (secondary N) is 1. The molecule has 0 unspecified atom stereocenters. The molecule has 2 N–H and O–H groups in total. The summed E-state index contributed by atoms with van der Waals surface area (Å²) in [6, 6.07) is 5.62. The second-order valence-corrected chi connectivity index (χ2v) is 3.25. The van der Waals surface area contributed by atoms with Crippen molar-refractivity contribution in [2.75, 3.05) is 14.2 Å². The largest absolute Gasteiger partial charge is 0.493 e. The van der Waals surface area contributed by atoms with E-state index in [2.05, 4.69) is 4.98 Å². The fraction of sp³-hybridized carbons (Fsp3) is 0.273. The number of rotatable bonds is 3. The smallest absolute Gasteiger partial charge is 0.162 e. The van der Waals surface area contributed by atoms with E-state index in [1.165, 1.54) is 0 Å². The fourth-order valence-electron chi connectivity index (χ4n) is 1.60. The van der Waals surface area contributed by atoms with Crippen molar-refractivity contribution in [3.05, 3.63) is 23.9 Å². The predicted molar refractivity (Wildman–Crippen MR) is 57.3 cm³/mol. The molecule has 0 amide bonds. The summed E-state index contributed by atoms with van der Waals surface area (Å²) in [6.07, 6.45) is 0. The van der Waals surface area contributed by atoms with E-state index in [1.807, 2.05) is 18.2 Å². The van der Waals surface area contributed by atoms with Crippen LogP contribution in [-0.4, -0.2) is 24.3 Å². The molecule has 2 aromatic rings. The van der Waals surface area contributed by atoms with Gasteiger partial charge in [0.2, 0.25) is 0 Å². The third-order valence-corrected chi connectivity index (χ3v) is 2.35. The second-order valence-electron chi connectivity index (χ2n) is 3.25. The van der Waals surface area contributed by atoms with Gasteiger partial charge >= 0.3 is 0 Å². The number of fused-ring (bicyclic) bond motifs is 1. The van der Waals surface area contributed by atoms with Crippen LogP contribution in [-0.2, 0) is 6.61 Å². The van der Waals surface area contributed by atoms with Gasteiger partial charge < -0.3 is 19.6 Å². The Morgan fingerprint density at radius 3 is 2.40 bits per heavy atom. The zero-order valence-corrected chi connectivity index (χ0v) is 8.70. The first-order valence-corrected chi connectivity index (χ1v) is 4.63. The van der Waals surface area contributed by atoms with Crippen LogP contribution in [0.3, 0.4) is 0 Å². The Bertz CT molecular complexity index is 435. The lowest BCUT2D eigenvalue weighted by Gasteiger charge is -2.06. The summed E-state index contributed by atoms with van der Waals surface area (Å²) in [4.78, 5) is 3.09. The molecular weight excluding hydrogens is 194 g/mol. The lowest BCUT2D eigenvalue weighted by Crippen LogP contribution is -1.89. The minimum Gasteiger partial charge on any atom is -0.493 e. The highest BCUT2D eigenvalue weighted by atomic mass is 16.5. The van der Waals surface area contributed by atoms with Gasteiger partial charge in [-0.3, -0.25) is 0 Å². The number of H-pyrrole nitrogens is 1. The molecule has 0 atom stereocenters. The van der Waals surface area contributed by atoms with Crippen LogP contribution in [0.5, 0.6) is 11.5 Å². The zero-order chi connectivity index (χ0) is 10.8. The van der Waals surface area contributed by atoms with Crippen LogP contribution in [0.15, 0.2) is 18.2 Å². The maximum Gasteiger partial charge on any atom is 0.162 e. The average molecular weight is 207 g/mol. The Morgan fingerprint density at radius 1 is 1.13 bits per heavy atom. The normalized spacial score (nSPS) is 10.6. The molecule has 15 heavy (non-hydrogen) atoms. The quantitative estimate of drug-likeness (QED) is 0.805. The summed E-state index contributed by atoms with van der Waals surface area (Å²) in [5.74, 6) is 1.37. The van der Waals surface area contributed by atoms with E-state index in [0.29, 0.717) is 11.5 Å². The molecular formula is C11H13NO3. The molecule has 1 aromatic carbocycles. The number of hydrogen-bond acceptors (Lipinski definition) is 3. The molecule has 0 saturated carbocycles. The molecule has 0 radical (unpaired) electrons. The molecule has 0 aliphatic heterocycles. The van der Waals surface area contributed by atoms with Crippen molar-refractivity contribution in [2.24, 2.45) is 0 Å². The first-order valence-electron chi connectivity index (χ1n) is 4.63. The maximum absolute atomic E-state index is 9.00. The van der Waals surface area contributed by atoms with Gasteiger partial charge in [0, 0.05) is 22.7 Å². The summed E-state index contributed by atoms with van der Waals surface area (Å²) < 4.78 is 10.4. The Hall–Kier alpha value is -1.68. The van der Waals surface area contributed by atoms with Crippen LogP contribution in [0.2, 0.25) is 0 Å². The van der Waals surface area contributed by atoms with Gasteiger partial charge in [-0.15, -0.1) is 0 Å². The standard InChI is InChI=1S/C11H13NO3/c1-14-10-4-7-3-8(6-13)12-9(7)5-11(10)15-2/h3-5,12-13H,6H2,1-2H3. The summed E-state index contributed by atoms with van der Waals surface area (Å²) in [7, 11) is 3.20. The molecule has 4 heteroatoms. The SMILES string of the molecule is COc1cc2cc(CO)[nH]c2cc1OC. The van der Waals surface area contributed by atoms with Crippen LogP contribution in [0, 0.1) is 0 Å². The van der Waals surface area contributed by atoms with Gasteiger partial charge in [-0.1, -0.05) is 0 Å². The number of aliphatic hydroxyl groups excluding tert-OH is 1. The molecule has 1 aromatic heterocycles. The van der Waals surface area contributed by atoms with E-state index in [-0.39, 0.29) is 6.61 Å². The van der Waals surface area contributed by atoms with E-state index < -0.39 is 0 Å². The first-order chi connectivity index (χ1) is 7.28. The number of ether oxygens (including phenoxy) is 2. The second kappa shape index (κ2) is 3.82. The summed E-state index contributed by atoms with van der Waals surface area (Å²) in [6.45, 7) is -0.000684. The molecule has 4 nitrogen and oxygen atoms in total. The molecule has 0 bridgehead atoms. The van der Waals surface area contributed by atoms with E-state index in [0.717, 1.165) is 16.6 Å². The Balaban J connectivity index is 2.61. The minimum atomic E-state index is -0.000684. The Labute approximate surface area is 87.4 Å². The van der Waals surface area contributed by atoms with Crippen LogP contribution in [0.1, 0.15) is 5.69 Å². The highest BCUT2D eigenvalue weighted by Gasteiger charge is 2.07. The van der Waals surface area contributed by atoms with Crippen LogP contribution in [0.4, 0.5) is 0 Å². The van der Waals surface area contributed by atoms with Crippen molar-refractivity contribution in [3.8, 4) is 11.5 Å². The zero-order valence-electron chi connectivity index (χ0n) is 8.70. The van der Waals surface area contributed by atoms with Gasteiger partial charge in [0.05, 0.1) is 20.8 Å². The first kappa shape index (κ1) is 9.86. The van der Waals surface area contributed by atoms with E-state index in [1.54, 1.807) is 14.2 Å². The van der Waals surface area contributed by atoms with Crippen molar-refractivity contribution in [2.45, 2.75) is 6.61 Å². The number of aromatic amines is 1. The minimum absolute atomic E-state index is 0.000684. The number of benzene rings is 1. The molecule has 0 saturated heterocycles. The van der Waals surface area contributed by atoms with Gasteiger partial charge in [-0.2, -0.15) is 0 Å². The van der Waals surface area contributed by atoms with Gasteiger partial charge in [-0.05, 0) is 12.1 Å². The van der Waals surface area contributed by atoms with Crippen molar-refractivity contribution < 1.29 is 14.6 Å². The van der Waals surface area contributed by atoms with Crippen molar-refractivity contribution >= 4 is 10.9 Å². The van der Waals surface area contributed by atoms with Crippen LogP contribution < -0.4 is 9.47 Å². The van der Waals surface area contributed by atoms with Crippen molar-refractivity contribution in [3.63, 3.8) is 0 Å². The number of aromatic nitrogens is 1. The summed E-state index contributed by atoms with van der Waals surface area (Å²) >= 11 is 0. The molecule has 2 rings (SSSR count). The lowest BCUT2D eigenvalue weighted by atomic mass is 10.2. The van der Waals surface area contributed by atoms with Crippen LogP contribution >= 0.6 is 0 Å². The van der Waals surface area contributed by atoms with Gasteiger partial charge in [0.1, 0.15) is 0 Å². The maximum atomic E-state index is 9.00. The van der Waals surface area contributed by atoms with Gasteiger partial charge in [0.25, 0.3) is 0 Å². The molecule has 80 valence electrons. The highest BCUT2D eigenvalue weighted by molar-refractivity contribution is 5.84. The summed E-state index contributed by atoms with van der Waals surface area (Å²) in [5, 5.41) is 9.99. The average Bonchev–Trinajstić information content (AvgIpc) is 2.68. The Morgan fingerprint density at radius 2 is 1.80 bits per heavy atom.